The van der Waals surface area contributed by atoms with E-state index in [0.717, 1.165) is 0 Å². The van der Waals surface area contributed by atoms with Gasteiger partial charge in [0.2, 0.25) is 0 Å². The van der Waals surface area contributed by atoms with Crippen molar-refractivity contribution in [1.82, 2.24) is 5.32 Å². The number of halogens is 2. The highest BCUT2D eigenvalue weighted by Crippen LogP contribution is 2.16. The Morgan fingerprint density at radius 3 is 2.70 bits per heavy atom. The van der Waals surface area contributed by atoms with E-state index in [2.05, 4.69) is 4.99 Å². The van der Waals surface area contributed by atoms with E-state index in [1.807, 2.05) is 0 Å². The van der Waals surface area contributed by atoms with Crippen molar-refractivity contribution in [3.63, 3.8) is 0 Å². The number of carbonyl (C=O) groups is 2. The third kappa shape index (κ3) is 1.13. The van der Waals surface area contributed by atoms with Gasteiger partial charge in [0.15, 0.2) is 0 Å². The van der Waals surface area contributed by atoms with Crippen molar-refractivity contribution in [3.8, 4) is 0 Å². The van der Waals surface area contributed by atoms with Gasteiger partial charge < -0.3 is 0 Å². The molecule has 1 unspecified atom stereocenters. The van der Waals surface area contributed by atoms with Crippen LogP contribution in [-0.4, -0.2) is 23.3 Å². The number of alkyl halides is 2. The van der Waals surface area contributed by atoms with Crippen LogP contribution >= 0.6 is 11.6 Å². The van der Waals surface area contributed by atoms with E-state index in [9.17, 15) is 14.0 Å². The predicted octanol–water partition coefficient (Wildman–Crippen LogP) is 0.212. The number of nitrogens with one attached hydrogen (secondary N) is 1. The first kappa shape index (κ1) is 7.14. The molecule has 0 aromatic heterocycles. The van der Waals surface area contributed by atoms with Gasteiger partial charge in [-0.2, -0.15) is 0 Å². The largest absolute Gasteiger partial charge is 0.347 e. The highest BCUT2D eigenvalue weighted by molar-refractivity contribution is 6.44. The molecule has 10 heavy (non-hydrogen) atoms. The molecule has 1 aliphatic heterocycles. The average Bonchev–Trinajstić information content (AvgIpc) is 1.81. The van der Waals surface area contributed by atoms with Gasteiger partial charge in [0.25, 0.3) is 11.0 Å². The van der Waals surface area contributed by atoms with Crippen molar-refractivity contribution < 1.29 is 14.0 Å². The molecule has 0 spiro atoms. The molecular formula is C4H2ClFN2O2. The summed E-state index contributed by atoms with van der Waals surface area (Å²) in [6, 6.07) is -0.904. The molecule has 6 heteroatoms. The van der Waals surface area contributed by atoms with E-state index in [1.54, 1.807) is 5.32 Å². The van der Waals surface area contributed by atoms with Gasteiger partial charge in [-0.15, -0.1) is 0 Å². The monoisotopic (exact) mass is 164 g/mol. The summed E-state index contributed by atoms with van der Waals surface area (Å²) in [5.41, 5.74) is 0. The number of hydrogen-bond acceptors (Lipinski definition) is 2. The number of imide groups is 1. The smallest absolute Gasteiger partial charge is 0.272 e. The Hall–Kier alpha value is -0.970. The Morgan fingerprint density at radius 1 is 1.70 bits per heavy atom. The standard InChI is InChI=1S/C4H2ClFN2O2/c5-4(6)1-7-3(10)8-2(4)9/h1H,(H,8,9,10). The van der Waals surface area contributed by atoms with Crippen LogP contribution in [0, 0.1) is 0 Å². The van der Waals surface area contributed by atoms with E-state index in [1.165, 1.54) is 0 Å². The molecule has 0 fully saturated rings. The van der Waals surface area contributed by atoms with Crippen LogP contribution < -0.4 is 5.32 Å². The quantitative estimate of drug-likeness (QED) is 0.521. The molecule has 0 saturated carbocycles. The summed E-state index contributed by atoms with van der Waals surface area (Å²) in [4.78, 5) is 23.5. The van der Waals surface area contributed by atoms with Crippen molar-refractivity contribution in [1.29, 1.82) is 0 Å². The summed E-state index contributed by atoms with van der Waals surface area (Å²) < 4.78 is 12.5. The van der Waals surface area contributed by atoms with Crippen LogP contribution in [0.4, 0.5) is 9.18 Å². The first-order chi connectivity index (χ1) is 4.52. The predicted molar refractivity (Wildman–Crippen MR) is 31.7 cm³/mol. The van der Waals surface area contributed by atoms with Crippen molar-refractivity contribution in [2.45, 2.75) is 5.13 Å². The Bertz CT molecular complexity index is 225. The molecule has 1 atom stereocenters. The molecule has 0 aliphatic carbocycles. The summed E-state index contributed by atoms with van der Waals surface area (Å²) in [5.74, 6) is -1.20. The van der Waals surface area contributed by atoms with Gasteiger partial charge in [-0.05, 0) is 0 Å². The second-order valence-electron chi connectivity index (χ2n) is 1.64. The maximum Gasteiger partial charge on any atom is 0.347 e. The summed E-state index contributed by atoms with van der Waals surface area (Å²) >= 11 is 4.91. The summed E-state index contributed by atoms with van der Waals surface area (Å²) in [5, 5.41) is -1.09. The molecule has 0 aromatic carbocycles. The average molecular weight is 165 g/mol. The fourth-order valence-electron chi connectivity index (χ4n) is 0.411. The lowest BCUT2D eigenvalue weighted by atomic mass is 10.3. The van der Waals surface area contributed by atoms with Crippen molar-refractivity contribution in [2.24, 2.45) is 4.99 Å². The van der Waals surface area contributed by atoms with Gasteiger partial charge in [-0.3, -0.25) is 10.1 Å². The van der Waals surface area contributed by atoms with Gasteiger partial charge in [-0.1, -0.05) is 11.6 Å². The number of rotatable bonds is 0. The number of amides is 3. The van der Waals surface area contributed by atoms with E-state index in [-0.39, 0.29) is 0 Å². The van der Waals surface area contributed by atoms with E-state index in [4.69, 9.17) is 11.6 Å². The molecule has 1 rings (SSSR count). The second-order valence-corrected chi connectivity index (χ2v) is 2.19. The number of hydrogen-bond donors (Lipinski definition) is 1. The van der Waals surface area contributed by atoms with Crippen LogP contribution in [0.5, 0.6) is 0 Å². The van der Waals surface area contributed by atoms with Crippen LogP contribution in [0.25, 0.3) is 0 Å². The van der Waals surface area contributed by atoms with Crippen LogP contribution in [-0.2, 0) is 4.79 Å². The minimum Gasteiger partial charge on any atom is -0.272 e. The molecule has 54 valence electrons. The Morgan fingerprint density at radius 2 is 2.30 bits per heavy atom. The molecule has 1 heterocycles. The lowest BCUT2D eigenvalue weighted by Crippen LogP contribution is -2.46. The maximum atomic E-state index is 12.5. The molecule has 1 aliphatic rings. The topological polar surface area (TPSA) is 58.5 Å². The third-order valence-electron chi connectivity index (χ3n) is 0.867. The van der Waals surface area contributed by atoms with Crippen molar-refractivity contribution >= 4 is 29.8 Å². The second kappa shape index (κ2) is 2.02. The van der Waals surface area contributed by atoms with Gasteiger partial charge in [-0.25, -0.2) is 14.2 Å². The SMILES string of the molecule is O=C1N=CC(F)(Cl)C(=O)N1. The molecule has 0 aromatic rings. The van der Waals surface area contributed by atoms with Crippen LogP contribution in [0.15, 0.2) is 4.99 Å². The molecular weight excluding hydrogens is 163 g/mol. The summed E-state index contributed by atoms with van der Waals surface area (Å²) in [6.45, 7) is 0. The van der Waals surface area contributed by atoms with Crippen LogP contribution in [0.1, 0.15) is 0 Å². The number of carbonyl (C=O) groups excluding carboxylic acids is 2. The lowest BCUT2D eigenvalue weighted by Gasteiger charge is -2.13. The molecule has 0 radical (unpaired) electrons. The zero-order valence-corrected chi connectivity index (χ0v) is 5.35. The molecule has 4 nitrogen and oxygen atoms in total. The Kier molecular flexibility index (Phi) is 1.44. The van der Waals surface area contributed by atoms with Crippen LogP contribution in [0.2, 0.25) is 0 Å². The van der Waals surface area contributed by atoms with Gasteiger partial charge in [0.05, 0.1) is 6.21 Å². The van der Waals surface area contributed by atoms with Crippen molar-refractivity contribution in [2.75, 3.05) is 0 Å². The maximum absolute atomic E-state index is 12.5. The number of urea groups is 1. The van der Waals surface area contributed by atoms with Crippen molar-refractivity contribution in [3.05, 3.63) is 0 Å². The highest BCUT2D eigenvalue weighted by Gasteiger charge is 2.38. The normalized spacial score (nSPS) is 32.2. The minimum atomic E-state index is -2.67. The van der Waals surface area contributed by atoms with E-state index >= 15 is 0 Å². The van der Waals surface area contributed by atoms with Gasteiger partial charge >= 0.3 is 6.03 Å². The number of aliphatic imine (C=N–C) groups is 1. The summed E-state index contributed by atoms with van der Waals surface area (Å²) in [7, 11) is 0. The van der Waals surface area contributed by atoms with E-state index in [0.29, 0.717) is 6.21 Å². The first-order valence-corrected chi connectivity index (χ1v) is 2.68. The van der Waals surface area contributed by atoms with E-state index < -0.39 is 17.1 Å². The molecule has 1 N–H and O–H groups in total. The first-order valence-electron chi connectivity index (χ1n) is 2.31. The fraction of sp³-hybridized carbons (Fsp3) is 0.250. The third-order valence-corrected chi connectivity index (χ3v) is 1.14. The van der Waals surface area contributed by atoms with Gasteiger partial charge in [0, 0.05) is 0 Å². The Labute approximate surface area is 60.1 Å². The summed E-state index contributed by atoms with van der Waals surface area (Å²) in [6.07, 6.45) is 0.454. The molecule has 0 bridgehead atoms. The lowest BCUT2D eigenvalue weighted by molar-refractivity contribution is -0.124. The number of nitrogens with zero attached hydrogens (tertiary/aromatic N) is 1. The zero-order chi connectivity index (χ0) is 7.78. The molecule has 0 saturated heterocycles. The Balaban J connectivity index is 2.93. The fourth-order valence-corrected chi connectivity index (χ4v) is 0.507. The highest BCUT2D eigenvalue weighted by atomic mass is 35.5. The van der Waals surface area contributed by atoms with Gasteiger partial charge in [0.1, 0.15) is 0 Å². The minimum absolute atomic E-state index is 0.454. The molecule has 3 amide bonds. The zero-order valence-electron chi connectivity index (χ0n) is 4.60. The van der Waals surface area contributed by atoms with Crippen LogP contribution in [0.3, 0.4) is 0 Å².